The highest BCUT2D eigenvalue weighted by Crippen LogP contribution is 2.18. The lowest BCUT2D eigenvalue weighted by Gasteiger charge is -2.10. The molecule has 1 heterocycles. The summed E-state index contributed by atoms with van der Waals surface area (Å²) in [4.78, 5) is 24.0. The van der Waals surface area contributed by atoms with Crippen LogP contribution in [0.1, 0.15) is 5.69 Å². The maximum absolute atomic E-state index is 12.2. The minimum absolute atomic E-state index is 0.305. The van der Waals surface area contributed by atoms with Crippen molar-refractivity contribution in [1.82, 2.24) is 9.78 Å². The summed E-state index contributed by atoms with van der Waals surface area (Å²) in [7, 11) is 1.56. The van der Waals surface area contributed by atoms with Crippen molar-refractivity contribution in [3.8, 4) is 17.2 Å². The van der Waals surface area contributed by atoms with Crippen LogP contribution in [0.15, 0.2) is 60.7 Å². The molecule has 1 N–H and O–H groups in total. The highest BCUT2D eigenvalue weighted by atomic mass is 16.6. The Morgan fingerprint density at radius 1 is 1.00 bits per heavy atom. The number of aryl methyl sites for hydroxylation is 1. The molecule has 0 unspecified atom stereocenters. The number of aromatic nitrogens is 2. The van der Waals surface area contributed by atoms with Crippen LogP contribution >= 0.6 is 0 Å². The van der Waals surface area contributed by atoms with Crippen LogP contribution in [-0.4, -0.2) is 42.0 Å². The number of esters is 1. The van der Waals surface area contributed by atoms with E-state index in [4.69, 9.17) is 14.2 Å². The summed E-state index contributed by atoms with van der Waals surface area (Å²) in [6, 6.07) is 17.9. The molecule has 0 aliphatic rings. The van der Waals surface area contributed by atoms with Crippen molar-refractivity contribution in [2.75, 3.05) is 25.6 Å². The van der Waals surface area contributed by atoms with E-state index >= 15 is 0 Å². The van der Waals surface area contributed by atoms with E-state index in [9.17, 15) is 9.59 Å². The number of para-hydroxylation sites is 1. The molecule has 0 radical (unpaired) electrons. The molecule has 0 aliphatic carbocycles. The highest BCUT2D eigenvalue weighted by Gasteiger charge is 2.13. The summed E-state index contributed by atoms with van der Waals surface area (Å²) in [5.41, 5.74) is 1.55. The van der Waals surface area contributed by atoms with Crippen molar-refractivity contribution in [1.29, 1.82) is 0 Å². The standard InChI is InChI=1S/C21H21N3O5/c1-15-12-19(24(23-15)16-6-4-3-5-7-16)22-20(25)13-29-21(26)14-28-18-10-8-17(27-2)9-11-18/h3-12H,13-14H2,1-2H3,(H,22,25). The fraction of sp³-hybridized carbons (Fsp3) is 0.190. The van der Waals surface area contributed by atoms with E-state index in [0.717, 1.165) is 11.4 Å². The van der Waals surface area contributed by atoms with Crippen LogP contribution in [0, 0.1) is 6.92 Å². The van der Waals surface area contributed by atoms with E-state index in [0.29, 0.717) is 17.3 Å². The van der Waals surface area contributed by atoms with Crippen molar-refractivity contribution >= 4 is 17.7 Å². The average Bonchev–Trinajstić information content (AvgIpc) is 3.11. The topological polar surface area (TPSA) is 91.7 Å². The highest BCUT2D eigenvalue weighted by molar-refractivity contribution is 5.92. The second kappa shape index (κ2) is 9.41. The normalized spacial score (nSPS) is 10.3. The molecule has 0 atom stereocenters. The first kappa shape index (κ1) is 19.9. The Balaban J connectivity index is 1.49. The van der Waals surface area contributed by atoms with Gasteiger partial charge in [-0.05, 0) is 43.3 Å². The Kier molecular flexibility index (Phi) is 6.47. The zero-order valence-electron chi connectivity index (χ0n) is 16.1. The van der Waals surface area contributed by atoms with Gasteiger partial charge in [-0.2, -0.15) is 5.10 Å². The van der Waals surface area contributed by atoms with Crippen LogP contribution in [0.5, 0.6) is 11.5 Å². The van der Waals surface area contributed by atoms with Gasteiger partial charge in [0.05, 0.1) is 18.5 Å². The third kappa shape index (κ3) is 5.58. The van der Waals surface area contributed by atoms with Crippen molar-refractivity contribution in [3.63, 3.8) is 0 Å². The lowest BCUT2D eigenvalue weighted by Crippen LogP contribution is -2.24. The van der Waals surface area contributed by atoms with E-state index in [1.807, 2.05) is 37.3 Å². The number of amides is 1. The van der Waals surface area contributed by atoms with Crippen molar-refractivity contribution in [3.05, 3.63) is 66.4 Å². The van der Waals surface area contributed by atoms with Gasteiger partial charge in [0.1, 0.15) is 17.3 Å². The summed E-state index contributed by atoms with van der Waals surface area (Å²) >= 11 is 0. The van der Waals surface area contributed by atoms with Gasteiger partial charge in [0.15, 0.2) is 13.2 Å². The Morgan fingerprint density at radius 3 is 2.38 bits per heavy atom. The fourth-order valence-corrected chi connectivity index (χ4v) is 2.54. The van der Waals surface area contributed by atoms with Gasteiger partial charge in [-0.1, -0.05) is 18.2 Å². The molecular formula is C21H21N3O5. The van der Waals surface area contributed by atoms with Crippen LogP contribution in [0.2, 0.25) is 0 Å². The van der Waals surface area contributed by atoms with Crippen molar-refractivity contribution < 1.29 is 23.8 Å². The number of benzene rings is 2. The number of hydrogen-bond donors (Lipinski definition) is 1. The number of ether oxygens (including phenoxy) is 3. The first-order chi connectivity index (χ1) is 14.0. The molecule has 150 valence electrons. The number of methoxy groups -OCH3 is 1. The van der Waals surface area contributed by atoms with E-state index < -0.39 is 18.5 Å². The zero-order valence-corrected chi connectivity index (χ0v) is 16.1. The molecule has 29 heavy (non-hydrogen) atoms. The van der Waals surface area contributed by atoms with Gasteiger partial charge in [-0.25, -0.2) is 9.48 Å². The molecule has 2 aromatic carbocycles. The molecular weight excluding hydrogens is 374 g/mol. The minimum atomic E-state index is -0.649. The number of nitrogens with one attached hydrogen (secondary N) is 1. The first-order valence-corrected chi connectivity index (χ1v) is 8.89. The Bertz CT molecular complexity index is 968. The maximum atomic E-state index is 12.2. The van der Waals surface area contributed by atoms with E-state index in [1.165, 1.54) is 0 Å². The largest absolute Gasteiger partial charge is 0.497 e. The molecule has 8 nitrogen and oxygen atoms in total. The van der Waals surface area contributed by atoms with Crippen LogP contribution in [0.3, 0.4) is 0 Å². The summed E-state index contributed by atoms with van der Waals surface area (Å²) in [5, 5.41) is 7.07. The molecule has 3 rings (SSSR count). The summed E-state index contributed by atoms with van der Waals surface area (Å²) in [6.07, 6.45) is 0. The number of rotatable bonds is 8. The van der Waals surface area contributed by atoms with Crippen molar-refractivity contribution in [2.45, 2.75) is 6.92 Å². The minimum Gasteiger partial charge on any atom is -0.497 e. The maximum Gasteiger partial charge on any atom is 0.344 e. The van der Waals surface area contributed by atoms with E-state index in [-0.39, 0.29) is 6.61 Å². The fourth-order valence-electron chi connectivity index (χ4n) is 2.54. The third-order valence-corrected chi connectivity index (χ3v) is 3.88. The second-order valence-electron chi connectivity index (χ2n) is 6.09. The summed E-state index contributed by atoms with van der Waals surface area (Å²) < 4.78 is 16.9. The monoisotopic (exact) mass is 395 g/mol. The van der Waals surface area contributed by atoms with Crippen LogP contribution in [0.25, 0.3) is 5.69 Å². The van der Waals surface area contributed by atoms with Gasteiger partial charge < -0.3 is 19.5 Å². The average molecular weight is 395 g/mol. The second-order valence-corrected chi connectivity index (χ2v) is 6.09. The number of carbonyl (C=O) groups is 2. The molecule has 8 heteroatoms. The summed E-state index contributed by atoms with van der Waals surface area (Å²) in [5.74, 6) is 0.545. The molecule has 0 aliphatic heterocycles. The van der Waals surface area contributed by atoms with Gasteiger partial charge >= 0.3 is 5.97 Å². The molecule has 1 aromatic heterocycles. The third-order valence-electron chi connectivity index (χ3n) is 3.88. The van der Waals surface area contributed by atoms with Crippen molar-refractivity contribution in [2.24, 2.45) is 0 Å². The van der Waals surface area contributed by atoms with Crippen LogP contribution < -0.4 is 14.8 Å². The summed E-state index contributed by atoms with van der Waals surface area (Å²) in [6.45, 7) is 1.09. The van der Waals surface area contributed by atoms with Gasteiger partial charge in [-0.3, -0.25) is 4.79 Å². The van der Waals surface area contributed by atoms with Gasteiger partial charge in [0.2, 0.25) is 0 Å². The number of nitrogens with zero attached hydrogens (tertiary/aromatic N) is 2. The molecule has 0 fully saturated rings. The predicted molar refractivity (Wildman–Crippen MR) is 106 cm³/mol. The smallest absolute Gasteiger partial charge is 0.344 e. The molecule has 3 aromatic rings. The van der Waals surface area contributed by atoms with Crippen LogP contribution in [0.4, 0.5) is 5.82 Å². The number of carbonyl (C=O) groups excluding carboxylic acids is 2. The zero-order chi connectivity index (χ0) is 20.6. The lowest BCUT2D eigenvalue weighted by atomic mass is 10.3. The quantitative estimate of drug-likeness (QED) is 0.590. The molecule has 1 amide bonds. The van der Waals surface area contributed by atoms with Gasteiger partial charge in [0.25, 0.3) is 5.91 Å². The van der Waals surface area contributed by atoms with Gasteiger partial charge in [-0.15, -0.1) is 0 Å². The first-order valence-electron chi connectivity index (χ1n) is 8.89. The Morgan fingerprint density at radius 2 is 1.69 bits per heavy atom. The Labute approximate surface area is 168 Å². The Hall–Kier alpha value is -3.81. The van der Waals surface area contributed by atoms with E-state index in [2.05, 4.69) is 10.4 Å². The molecule has 0 saturated carbocycles. The van der Waals surface area contributed by atoms with Gasteiger partial charge in [0, 0.05) is 6.07 Å². The predicted octanol–water partition coefficient (Wildman–Crippen LogP) is 2.75. The molecule has 0 bridgehead atoms. The molecule has 0 saturated heterocycles. The number of hydrogen-bond acceptors (Lipinski definition) is 6. The molecule has 0 spiro atoms. The number of anilines is 1. The van der Waals surface area contributed by atoms with Crippen LogP contribution in [-0.2, 0) is 14.3 Å². The SMILES string of the molecule is COc1ccc(OCC(=O)OCC(=O)Nc2cc(C)nn2-c2ccccc2)cc1. The van der Waals surface area contributed by atoms with E-state index in [1.54, 1.807) is 42.1 Å². The lowest BCUT2D eigenvalue weighted by molar-refractivity contribution is -0.149.